The van der Waals surface area contributed by atoms with Crippen molar-refractivity contribution in [3.63, 3.8) is 0 Å². The number of hydrogen-bond acceptors (Lipinski definition) is 3. The molecule has 2 heterocycles. The molecule has 0 atom stereocenters. The molecule has 3 rings (SSSR count). The maximum atomic E-state index is 13.7. The molecule has 0 aliphatic heterocycles. The van der Waals surface area contributed by atoms with Gasteiger partial charge in [-0.15, -0.1) is 10.2 Å². The van der Waals surface area contributed by atoms with Gasteiger partial charge in [-0.25, -0.2) is 26.9 Å². The molecule has 0 saturated heterocycles. The molecule has 0 aliphatic rings. The molecule has 3 aromatic rings. The number of benzene rings is 1. The minimum Gasteiger partial charge on any atom is -0.265 e. The average Bonchev–Trinajstić information content (AvgIpc) is 2.86. The van der Waals surface area contributed by atoms with E-state index in [1.54, 1.807) is 0 Å². The zero-order valence-corrected chi connectivity index (χ0v) is 10.5. The van der Waals surface area contributed by atoms with Crippen LogP contribution in [0.25, 0.3) is 17.0 Å². The van der Waals surface area contributed by atoms with Crippen molar-refractivity contribution >= 4 is 17.2 Å². The molecule has 0 amide bonds. The molecule has 2 aromatic heterocycles. The second-order valence-corrected chi connectivity index (χ2v) is 4.30. The van der Waals surface area contributed by atoms with E-state index >= 15 is 0 Å². The van der Waals surface area contributed by atoms with Crippen LogP contribution in [0.1, 0.15) is 0 Å². The second kappa shape index (κ2) is 4.62. The van der Waals surface area contributed by atoms with Crippen LogP contribution >= 0.6 is 11.6 Å². The van der Waals surface area contributed by atoms with Gasteiger partial charge in [0.15, 0.2) is 34.7 Å². The largest absolute Gasteiger partial charge is 0.265 e. The summed E-state index contributed by atoms with van der Waals surface area (Å²) < 4.78 is 67.8. The van der Waals surface area contributed by atoms with Crippen LogP contribution in [0.2, 0.25) is 5.15 Å². The minimum absolute atomic E-state index is 0.0267. The third-order valence-corrected chi connectivity index (χ3v) is 2.91. The molecule has 0 spiro atoms. The molecular formula is C11H2ClF5N4. The van der Waals surface area contributed by atoms with Crippen LogP contribution in [-0.4, -0.2) is 19.6 Å². The Balaban J connectivity index is 2.38. The van der Waals surface area contributed by atoms with Crippen LogP contribution in [0.5, 0.6) is 0 Å². The molecule has 0 fully saturated rings. The second-order valence-electron chi connectivity index (χ2n) is 3.91. The van der Waals surface area contributed by atoms with Gasteiger partial charge < -0.3 is 0 Å². The SMILES string of the molecule is Fc1c(F)c(F)c(-c2nnc3cc(Cl)ncn23)c(F)c1F. The first-order valence-electron chi connectivity index (χ1n) is 5.30. The van der Waals surface area contributed by atoms with E-state index in [-0.39, 0.29) is 10.8 Å². The maximum absolute atomic E-state index is 13.7. The van der Waals surface area contributed by atoms with Crippen LogP contribution in [-0.2, 0) is 0 Å². The first-order valence-corrected chi connectivity index (χ1v) is 5.67. The van der Waals surface area contributed by atoms with Crippen molar-refractivity contribution in [1.29, 1.82) is 0 Å². The summed E-state index contributed by atoms with van der Waals surface area (Å²) in [6.45, 7) is 0. The highest BCUT2D eigenvalue weighted by Crippen LogP contribution is 2.30. The van der Waals surface area contributed by atoms with Crippen molar-refractivity contribution in [1.82, 2.24) is 19.6 Å². The lowest BCUT2D eigenvalue weighted by atomic mass is 10.1. The Hall–Kier alpha value is -2.29. The highest BCUT2D eigenvalue weighted by Gasteiger charge is 2.29. The van der Waals surface area contributed by atoms with Crippen molar-refractivity contribution in [3.8, 4) is 11.4 Å². The van der Waals surface area contributed by atoms with Gasteiger partial charge in [0.2, 0.25) is 5.82 Å². The van der Waals surface area contributed by atoms with Gasteiger partial charge in [0.1, 0.15) is 11.5 Å². The monoisotopic (exact) mass is 320 g/mol. The number of nitrogens with zero attached hydrogens (tertiary/aromatic N) is 4. The Morgan fingerprint density at radius 1 is 0.857 bits per heavy atom. The zero-order chi connectivity index (χ0) is 15.3. The molecule has 0 saturated carbocycles. The van der Waals surface area contributed by atoms with Gasteiger partial charge >= 0.3 is 0 Å². The summed E-state index contributed by atoms with van der Waals surface area (Å²) >= 11 is 5.60. The number of halogens is 6. The van der Waals surface area contributed by atoms with E-state index in [2.05, 4.69) is 15.2 Å². The van der Waals surface area contributed by atoms with Gasteiger partial charge in [0.05, 0.1) is 5.56 Å². The maximum Gasteiger partial charge on any atom is 0.200 e. The minimum atomic E-state index is -2.25. The van der Waals surface area contributed by atoms with E-state index in [9.17, 15) is 22.0 Å². The highest BCUT2D eigenvalue weighted by molar-refractivity contribution is 6.29. The Morgan fingerprint density at radius 3 is 2.05 bits per heavy atom. The molecular weight excluding hydrogens is 319 g/mol. The molecule has 0 N–H and O–H groups in total. The van der Waals surface area contributed by atoms with Gasteiger partial charge in [0, 0.05) is 6.07 Å². The Labute approximate surface area is 117 Å². The first kappa shape index (κ1) is 13.7. The van der Waals surface area contributed by atoms with E-state index in [1.165, 1.54) is 6.07 Å². The fraction of sp³-hybridized carbons (Fsp3) is 0. The zero-order valence-electron chi connectivity index (χ0n) is 9.71. The fourth-order valence-electron chi connectivity index (χ4n) is 1.74. The van der Waals surface area contributed by atoms with Crippen LogP contribution in [0.4, 0.5) is 22.0 Å². The Morgan fingerprint density at radius 2 is 1.43 bits per heavy atom. The van der Waals surface area contributed by atoms with Crippen molar-refractivity contribution in [3.05, 3.63) is 46.6 Å². The van der Waals surface area contributed by atoms with Gasteiger partial charge in [-0.05, 0) is 0 Å². The van der Waals surface area contributed by atoms with Crippen molar-refractivity contribution in [2.24, 2.45) is 0 Å². The molecule has 0 radical (unpaired) electrons. The highest BCUT2D eigenvalue weighted by atomic mass is 35.5. The number of hydrogen-bond donors (Lipinski definition) is 0. The quantitative estimate of drug-likeness (QED) is 0.299. The van der Waals surface area contributed by atoms with E-state index in [4.69, 9.17) is 11.6 Å². The number of fused-ring (bicyclic) bond motifs is 1. The summed E-state index contributed by atoms with van der Waals surface area (Å²) in [6, 6.07) is 1.21. The van der Waals surface area contributed by atoms with Crippen molar-refractivity contribution in [2.75, 3.05) is 0 Å². The van der Waals surface area contributed by atoms with Crippen molar-refractivity contribution < 1.29 is 22.0 Å². The van der Waals surface area contributed by atoms with Crippen molar-refractivity contribution in [2.45, 2.75) is 0 Å². The van der Waals surface area contributed by atoms with Crippen LogP contribution < -0.4 is 0 Å². The van der Waals surface area contributed by atoms with E-state index < -0.39 is 40.5 Å². The first-order chi connectivity index (χ1) is 9.91. The standard InChI is InChI=1S/C11H2ClF5N4/c12-3-1-4-19-20-11(21(4)2-18-3)5-6(13)8(15)10(17)9(16)7(5)14/h1-2H. The molecule has 0 bridgehead atoms. The lowest BCUT2D eigenvalue weighted by Gasteiger charge is -2.06. The average molecular weight is 321 g/mol. The third-order valence-electron chi connectivity index (χ3n) is 2.70. The molecule has 21 heavy (non-hydrogen) atoms. The Kier molecular flexibility index (Phi) is 3.01. The number of rotatable bonds is 1. The van der Waals surface area contributed by atoms with Gasteiger partial charge in [-0.3, -0.25) is 4.40 Å². The third kappa shape index (κ3) is 1.92. The molecule has 1 aromatic carbocycles. The fourth-order valence-corrected chi connectivity index (χ4v) is 1.89. The lowest BCUT2D eigenvalue weighted by molar-refractivity contribution is 0.380. The van der Waals surface area contributed by atoms with E-state index in [1.807, 2.05) is 0 Å². The summed E-state index contributed by atoms with van der Waals surface area (Å²) in [5.41, 5.74) is -1.16. The normalized spacial score (nSPS) is 11.3. The van der Waals surface area contributed by atoms with Crippen LogP contribution in [0.15, 0.2) is 12.4 Å². The molecule has 4 nitrogen and oxygen atoms in total. The van der Waals surface area contributed by atoms with Gasteiger partial charge in [-0.2, -0.15) is 0 Å². The molecule has 108 valence electrons. The molecule has 0 aliphatic carbocycles. The molecule has 10 heteroatoms. The summed E-state index contributed by atoms with van der Waals surface area (Å²) in [5.74, 6) is -11.0. The smallest absolute Gasteiger partial charge is 0.200 e. The molecule has 0 unspecified atom stereocenters. The van der Waals surface area contributed by atoms with Gasteiger partial charge in [0.25, 0.3) is 0 Å². The van der Waals surface area contributed by atoms with Gasteiger partial charge in [-0.1, -0.05) is 11.6 Å². The van der Waals surface area contributed by atoms with Crippen LogP contribution in [0, 0.1) is 29.1 Å². The Bertz CT molecular complexity index is 850. The summed E-state index contributed by atoms with van der Waals surface area (Å²) in [4.78, 5) is 3.63. The summed E-state index contributed by atoms with van der Waals surface area (Å²) in [6.07, 6.45) is 1.01. The summed E-state index contributed by atoms with van der Waals surface area (Å²) in [7, 11) is 0. The number of aromatic nitrogens is 4. The summed E-state index contributed by atoms with van der Waals surface area (Å²) in [5, 5.41) is 6.98. The van der Waals surface area contributed by atoms with E-state index in [0.29, 0.717) is 0 Å². The topological polar surface area (TPSA) is 43.1 Å². The predicted molar refractivity (Wildman–Crippen MR) is 61.0 cm³/mol. The van der Waals surface area contributed by atoms with Crippen LogP contribution in [0.3, 0.4) is 0 Å². The predicted octanol–water partition coefficient (Wildman–Crippen LogP) is 3.14. The van der Waals surface area contributed by atoms with E-state index in [0.717, 1.165) is 10.7 Å². The lowest BCUT2D eigenvalue weighted by Crippen LogP contribution is -2.06.